The van der Waals surface area contributed by atoms with E-state index in [9.17, 15) is 14.4 Å². The third-order valence-electron chi connectivity index (χ3n) is 6.73. The number of aromatic nitrogens is 2. The molecule has 0 unspecified atom stereocenters. The van der Waals surface area contributed by atoms with E-state index in [4.69, 9.17) is 9.40 Å². The number of benzene rings is 2. The lowest BCUT2D eigenvalue weighted by Gasteiger charge is -2.36. The maximum absolute atomic E-state index is 13.3. The van der Waals surface area contributed by atoms with Crippen LogP contribution in [0.25, 0.3) is 10.9 Å². The lowest BCUT2D eigenvalue weighted by atomic mass is 10.2. The Kier molecular flexibility index (Phi) is 8.62. The number of hydrogen-bond donors (Lipinski definition) is 1. The van der Waals surface area contributed by atoms with Gasteiger partial charge in [0.2, 0.25) is 11.8 Å². The molecule has 0 atom stereocenters. The van der Waals surface area contributed by atoms with E-state index in [2.05, 4.69) is 22.3 Å². The molecule has 5 rings (SSSR count). The van der Waals surface area contributed by atoms with Crippen molar-refractivity contribution < 1.29 is 14.0 Å². The zero-order valence-electron chi connectivity index (χ0n) is 21.6. The molecule has 0 radical (unpaired) electrons. The Balaban J connectivity index is 1.20. The minimum Gasteiger partial charge on any atom is -0.467 e. The van der Waals surface area contributed by atoms with E-state index in [-0.39, 0.29) is 29.5 Å². The first-order valence-electron chi connectivity index (χ1n) is 13.1. The molecule has 3 heterocycles. The first-order chi connectivity index (χ1) is 19.1. The number of nitrogens with zero attached hydrogens (tertiary/aromatic N) is 4. The Morgan fingerprint density at radius 3 is 2.49 bits per heavy atom. The number of para-hydroxylation sites is 2. The number of nitrogens with one attached hydrogen (secondary N) is 1. The largest absolute Gasteiger partial charge is 0.467 e. The van der Waals surface area contributed by atoms with Crippen molar-refractivity contribution in [1.29, 1.82) is 0 Å². The predicted molar refractivity (Wildman–Crippen MR) is 152 cm³/mol. The highest BCUT2D eigenvalue weighted by atomic mass is 32.2. The maximum Gasteiger partial charge on any atom is 0.262 e. The van der Waals surface area contributed by atoms with Crippen LogP contribution in [0.2, 0.25) is 0 Å². The fourth-order valence-corrected chi connectivity index (χ4v) is 5.54. The number of furan rings is 1. The van der Waals surface area contributed by atoms with Gasteiger partial charge in [0.1, 0.15) is 5.76 Å². The molecule has 1 saturated heterocycles. The summed E-state index contributed by atoms with van der Waals surface area (Å²) in [5.74, 6) is 0.786. The van der Waals surface area contributed by atoms with Crippen molar-refractivity contribution >= 4 is 40.2 Å². The molecule has 0 bridgehead atoms. The highest BCUT2D eigenvalue weighted by Crippen LogP contribution is 2.20. The van der Waals surface area contributed by atoms with Crippen molar-refractivity contribution in [1.82, 2.24) is 19.8 Å². The summed E-state index contributed by atoms with van der Waals surface area (Å²) in [4.78, 5) is 47.5. The third-order valence-corrected chi connectivity index (χ3v) is 7.69. The van der Waals surface area contributed by atoms with E-state index in [0.717, 1.165) is 18.8 Å². The summed E-state index contributed by atoms with van der Waals surface area (Å²) in [6.45, 7) is 3.52. The van der Waals surface area contributed by atoms with Gasteiger partial charge in [-0.05, 0) is 42.8 Å². The van der Waals surface area contributed by atoms with Crippen molar-refractivity contribution in [2.75, 3.05) is 36.8 Å². The molecule has 2 amide bonds. The molecule has 1 aliphatic heterocycles. The summed E-state index contributed by atoms with van der Waals surface area (Å²) in [5, 5.41) is 3.84. The Labute approximate surface area is 230 Å². The van der Waals surface area contributed by atoms with Crippen LogP contribution in [0.4, 0.5) is 5.69 Å². The molecule has 2 aromatic heterocycles. The number of piperazine rings is 1. The highest BCUT2D eigenvalue weighted by Gasteiger charge is 2.22. The Morgan fingerprint density at radius 1 is 0.949 bits per heavy atom. The smallest absolute Gasteiger partial charge is 0.262 e. The minimum absolute atomic E-state index is 0.0268. The lowest BCUT2D eigenvalue weighted by molar-refractivity contribution is -0.128. The average Bonchev–Trinajstić information content (AvgIpc) is 3.50. The summed E-state index contributed by atoms with van der Waals surface area (Å²) in [5.41, 5.74) is 1.60. The molecule has 1 N–H and O–H groups in total. The maximum atomic E-state index is 13.3. The van der Waals surface area contributed by atoms with Gasteiger partial charge in [-0.25, -0.2) is 4.98 Å². The second kappa shape index (κ2) is 12.7. The van der Waals surface area contributed by atoms with Gasteiger partial charge >= 0.3 is 0 Å². The van der Waals surface area contributed by atoms with Crippen LogP contribution in [-0.4, -0.2) is 58.2 Å². The van der Waals surface area contributed by atoms with Gasteiger partial charge in [-0.15, -0.1) is 0 Å². The monoisotopic (exact) mass is 545 g/mol. The first kappa shape index (κ1) is 26.6. The molecule has 2 aromatic carbocycles. The molecule has 4 aromatic rings. The zero-order valence-corrected chi connectivity index (χ0v) is 22.4. The van der Waals surface area contributed by atoms with Crippen LogP contribution in [0, 0.1) is 0 Å². The summed E-state index contributed by atoms with van der Waals surface area (Å²) >= 11 is 1.28. The fraction of sp³-hybridized carbons (Fsp3) is 0.310. The number of fused-ring (bicyclic) bond motifs is 1. The van der Waals surface area contributed by atoms with Crippen LogP contribution in [0.15, 0.2) is 87.4 Å². The molecule has 0 aliphatic carbocycles. The van der Waals surface area contributed by atoms with E-state index in [1.54, 1.807) is 35.1 Å². The van der Waals surface area contributed by atoms with Crippen LogP contribution in [0.1, 0.15) is 18.6 Å². The lowest BCUT2D eigenvalue weighted by Crippen LogP contribution is -2.49. The van der Waals surface area contributed by atoms with Gasteiger partial charge in [0.05, 0.1) is 29.5 Å². The zero-order chi connectivity index (χ0) is 27.0. The van der Waals surface area contributed by atoms with Crippen molar-refractivity contribution in [3.05, 3.63) is 89.1 Å². The van der Waals surface area contributed by atoms with Crippen LogP contribution < -0.4 is 15.8 Å². The molecular formula is C29H31N5O4S. The molecule has 10 heteroatoms. The van der Waals surface area contributed by atoms with Gasteiger partial charge < -0.3 is 19.5 Å². The number of thioether (sulfide) groups is 1. The summed E-state index contributed by atoms with van der Waals surface area (Å²) in [6.07, 6.45) is 2.29. The number of anilines is 1. The van der Waals surface area contributed by atoms with Crippen molar-refractivity contribution in [2.45, 2.75) is 31.1 Å². The van der Waals surface area contributed by atoms with E-state index in [1.807, 2.05) is 35.2 Å². The van der Waals surface area contributed by atoms with E-state index in [1.165, 1.54) is 11.8 Å². The van der Waals surface area contributed by atoms with Gasteiger partial charge in [-0.1, -0.05) is 42.1 Å². The fourth-order valence-electron chi connectivity index (χ4n) is 4.61. The number of amides is 2. The molecule has 39 heavy (non-hydrogen) atoms. The van der Waals surface area contributed by atoms with Crippen LogP contribution in [0.3, 0.4) is 0 Å². The number of carbonyl (C=O) groups excluding carboxylic acids is 2. The normalized spacial score (nSPS) is 13.5. The molecule has 0 saturated carbocycles. The SMILES string of the molecule is O=C(CCCn1c(SCC(=O)N2CCN(c3ccccc3)CC2)nc2ccccc2c1=O)NCc1ccco1. The van der Waals surface area contributed by atoms with Crippen LogP contribution >= 0.6 is 11.8 Å². The molecule has 0 spiro atoms. The number of hydrogen-bond acceptors (Lipinski definition) is 7. The van der Waals surface area contributed by atoms with E-state index < -0.39 is 0 Å². The summed E-state index contributed by atoms with van der Waals surface area (Å²) in [6, 6.07) is 21.0. The van der Waals surface area contributed by atoms with Gasteiger partial charge in [-0.3, -0.25) is 19.0 Å². The van der Waals surface area contributed by atoms with Crippen LogP contribution in [0.5, 0.6) is 0 Å². The van der Waals surface area contributed by atoms with Crippen molar-refractivity contribution in [3.8, 4) is 0 Å². The topological polar surface area (TPSA) is 101 Å². The molecule has 1 aliphatic rings. The standard InChI is InChI=1S/C29H31N5O4S/c35-26(30-20-23-10-7-19-38-23)13-6-14-34-28(37)24-11-4-5-12-25(24)31-29(34)39-21-27(36)33-17-15-32(16-18-33)22-8-2-1-3-9-22/h1-5,7-12,19H,6,13-18,20-21H2,(H,30,35). The Morgan fingerprint density at radius 2 is 1.72 bits per heavy atom. The van der Waals surface area contributed by atoms with E-state index in [0.29, 0.717) is 54.4 Å². The van der Waals surface area contributed by atoms with Gasteiger partial charge in [-0.2, -0.15) is 0 Å². The minimum atomic E-state index is -0.164. The highest BCUT2D eigenvalue weighted by molar-refractivity contribution is 7.99. The first-order valence-corrected chi connectivity index (χ1v) is 14.1. The predicted octanol–water partition coefficient (Wildman–Crippen LogP) is 3.53. The second-order valence-corrected chi connectivity index (χ2v) is 10.3. The quantitative estimate of drug-likeness (QED) is 0.240. The third kappa shape index (κ3) is 6.69. The van der Waals surface area contributed by atoms with Gasteiger partial charge in [0, 0.05) is 44.8 Å². The Hall–Kier alpha value is -4.05. The van der Waals surface area contributed by atoms with Crippen molar-refractivity contribution in [2.24, 2.45) is 0 Å². The number of carbonyl (C=O) groups is 2. The summed E-state index contributed by atoms with van der Waals surface area (Å²) < 4.78 is 6.83. The van der Waals surface area contributed by atoms with Gasteiger partial charge in [0.15, 0.2) is 5.16 Å². The summed E-state index contributed by atoms with van der Waals surface area (Å²) in [7, 11) is 0. The van der Waals surface area contributed by atoms with Gasteiger partial charge in [0.25, 0.3) is 5.56 Å². The Bertz CT molecular complexity index is 1460. The molecule has 202 valence electrons. The molecular weight excluding hydrogens is 514 g/mol. The number of rotatable bonds is 10. The average molecular weight is 546 g/mol. The van der Waals surface area contributed by atoms with Crippen molar-refractivity contribution in [3.63, 3.8) is 0 Å². The molecule has 1 fully saturated rings. The second-order valence-electron chi connectivity index (χ2n) is 9.32. The van der Waals surface area contributed by atoms with Crippen LogP contribution in [-0.2, 0) is 22.7 Å². The van der Waals surface area contributed by atoms with E-state index >= 15 is 0 Å². The molecule has 9 nitrogen and oxygen atoms in total.